The van der Waals surface area contributed by atoms with Crippen molar-refractivity contribution in [2.24, 2.45) is 5.73 Å². The Hall–Kier alpha value is -1.23. The first-order valence-corrected chi connectivity index (χ1v) is 6.37. The molecule has 0 bridgehead atoms. The summed E-state index contributed by atoms with van der Waals surface area (Å²) in [5, 5.41) is 0. The van der Waals surface area contributed by atoms with Gasteiger partial charge in [0.05, 0.1) is 0 Å². The first-order valence-electron chi connectivity index (χ1n) is 6.37. The molecule has 0 saturated carbocycles. The largest absolute Gasteiger partial charge is 0.405 e. The van der Waals surface area contributed by atoms with Crippen LogP contribution < -0.4 is 10.6 Å². The smallest absolute Gasteiger partial charge is 0.360 e. The minimum Gasteiger partial charge on any atom is -0.360 e. The molecule has 1 aromatic carbocycles. The van der Waals surface area contributed by atoms with Crippen LogP contribution in [0.4, 0.5) is 18.9 Å². The summed E-state index contributed by atoms with van der Waals surface area (Å²) >= 11 is 0. The predicted octanol–water partition coefficient (Wildman–Crippen LogP) is 3.35. The summed E-state index contributed by atoms with van der Waals surface area (Å²) in [6, 6.07) is 6.84. The van der Waals surface area contributed by atoms with E-state index in [9.17, 15) is 13.2 Å². The number of halogens is 3. The van der Waals surface area contributed by atoms with Crippen LogP contribution in [0, 0.1) is 0 Å². The molecule has 2 nitrogen and oxygen atoms in total. The second kappa shape index (κ2) is 6.28. The molecule has 108 valence electrons. The number of alkyl halides is 3. The van der Waals surface area contributed by atoms with E-state index >= 15 is 0 Å². The molecule has 0 aliphatic carbocycles. The van der Waals surface area contributed by atoms with Crippen molar-refractivity contribution in [3.05, 3.63) is 29.8 Å². The van der Waals surface area contributed by atoms with Crippen molar-refractivity contribution in [2.45, 2.75) is 45.5 Å². The van der Waals surface area contributed by atoms with Crippen LogP contribution in [0.15, 0.2) is 24.3 Å². The fraction of sp³-hybridized carbons (Fsp3) is 0.571. The molecular formula is C14H21F3N2. The lowest BCUT2D eigenvalue weighted by Crippen LogP contribution is -2.40. The Morgan fingerprint density at radius 3 is 2.21 bits per heavy atom. The third kappa shape index (κ3) is 5.11. The van der Waals surface area contributed by atoms with Crippen LogP contribution in [0.25, 0.3) is 0 Å². The van der Waals surface area contributed by atoms with E-state index in [4.69, 9.17) is 5.73 Å². The fourth-order valence-electron chi connectivity index (χ4n) is 2.05. The van der Waals surface area contributed by atoms with Crippen LogP contribution in [0.1, 0.15) is 26.3 Å². The van der Waals surface area contributed by atoms with E-state index in [0.29, 0.717) is 12.1 Å². The Kier molecular flexibility index (Phi) is 5.23. The quantitative estimate of drug-likeness (QED) is 0.892. The lowest BCUT2D eigenvalue weighted by Gasteiger charge is -2.32. The molecule has 0 saturated heterocycles. The molecule has 0 aliphatic rings. The maximum absolute atomic E-state index is 12.7. The molecule has 1 unspecified atom stereocenters. The summed E-state index contributed by atoms with van der Waals surface area (Å²) in [6.45, 7) is 4.42. The van der Waals surface area contributed by atoms with Gasteiger partial charge >= 0.3 is 6.18 Å². The van der Waals surface area contributed by atoms with E-state index < -0.39 is 12.7 Å². The summed E-state index contributed by atoms with van der Waals surface area (Å²) in [7, 11) is 0. The van der Waals surface area contributed by atoms with E-state index in [1.165, 1.54) is 4.90 Å². The van der Waals surface area contributed by atoms with Crippen molar-refractivity contribution in [1.82, 2.24) is 0 Å². The SMILES string of the molecule is CC(N)Cc1ccccc1N(CC(F)(F)F)C(C)C. The summed E-state index contributed by atoms with van der Waals surface area (Å²) in [4.78, 5) is 1.37. The fourth-order valence-corrected chi connectivity index (χ4v) is 2.05. The zero-order valence-corrected chi connectivity index (χ0v) is 11.5. The molecule has 0 heterocycles. The van der Waals surface area contributed by atoms with Crippen molar-refractivity contribution >= 4 is 5.69 Å². The molecule has 0 spiro atoms. The molecule has 0 radical (unpaired) electrons. The number of hydrogen-bond donors (Lipinski definition) is 1. The minimum atomic E-state index is -4.22. The summed E-state index contributed by atoms with van der Waals surface area (Å²) < 4.78 is 38.0. The van der Waals surface area contributed by atoms with Crippen molar-refractivity contribution in [3.8, 4) is 0 Å². The van der Waals surface area contributed by atoms with Gasteiger partial charge in [0.1, 0.15) is 6.54 Å². The van der Waals surface area contributed by atoms with Gasteiger partial charge in [-0.1, -0.05) is 18.2 Å². The monoisotopic (exact) mass is 274 g/mol. The normalized spacial score (nSPS) is 13.7. The van der Waals surface area contributed by atoms with E-state index in [1.54, 1.807) is 26.0 Å². The first-order chi connectivity index (χ1) is 8.70. The molecule has 0 aliphatic heterocycles. The van der Waals surface area contributed by atoms with Crippen molar-refractivity contribution in [3.63, 3.8) is 0 Å². The molecule has 1 atom stereocenters. The summed E-state index contributed by atoms with van der Waals surface area (Å²) in [6.07, 6.45) is -3.65. The Labute approximate surface area is 112 Å². The second-order valence-electron chi connectivity index (χ2n) is 5.15. The van der Waals surface area contributed by atoms with Crippen LogP contribution >= 0.6 is 0 Å². The molecule has 0 amide bonds. The van der Waals surface area contributed by atoms with E-state index in [1.807, 2.05) is 19.1 Å². The number of nitrogens with zero attached hydrogens (tertiary/aromatic N) is 1. The van der Waals surface area contributed by atoms with Crippen LogP contribution in [-0.4, -0.2) is 24.8 Å². The first kappa shape index (κ1) is 15.8. The molecule has 0 fully saturated rings. The van der Waals surface area contributed by atoms with Gasteiger partial charge in [-0.15, -0.1) is 0 Å². The van der Waals surface area contributed by atoms with Crippen LogP contribution in [0.2, 0.25) is 0 Å². The highest BCUT2D eigenvalue weighted by atomic mass is 19.4. The van der Waals surface area contributed by atoms with Gasteiger partial charge in [-0.3, -0.25) is 0 Å². The van der Waals surface area contributed by atoms with Crippen molar-refractivity contribution in [1.29, 1.82) is 0 Å². The number of nitrogens with two attached hydrogens (primary N) is 1. The second-order valence-corrected chi connectivity index (χ2v) is 5.15. The van der Waals surface area contributed by atoms with E-state index in [-0.39, 0.29) is 12.1 Å². The Balaban J connectivity index is 3.08. The van der Waals surface area contributed by atoms with Gasteiger partial charge in [0, 0.05) is 17.8 Å². The maximum Gasteiger partial charge on any atom is 0.405 e. The molecule has 1 rings (SSSR count). The maximum atomic E-state index is 12.7. The molecule has 1 aromatic rings. The van der Waals surface area contributed by atoms with Crippen molar-refractivity contribution in [2.75, 3.05) is 11.4 Å². The third-order valence-corrected chi connectivity index (χ3v) is 2.82. The minimum absolute atomic E-state index is 0.0824. The Bertz CT molecular complexity index is 400. The molecule has 0 aromatic heterocycles. The number of hydrogen-bond acceptors (Lipinski definition) is 2. The average Bonchev–Trinajstić information content (AvgIpc) is 2.24. The topological polar surface area (TPSA) is 29.3 Å². The van der Waals surface area contributed by atoms with Gasteiger partial charge in [0.25, 0.3) is 0 Å². The highest BCUT2D eigenvalue weighted by Gasteiger charge is 2.32. The molecule has 5 heteroatoms. The van der Waals surface area contributed by atoms with Crippen molar-refractivity contribution < 1.29 is 13.2 Å². The van der Waals surface area contributed by atoms with Crippen LogP contribution in [0.5, 0.6) is 0 Å². The van der Waals surface area contributed by atoms with Gasteiger partial charge in [-0.25, -0.2) is 0 Å². The summed E-state index contributed by atoms with van der Waals surface area (Å²) in [5.41, 5.74) is 7.23. The highest BCUT2D eigenvalue weighted by Crippen LogP contribution is 2.27. The average molecular weight is 274 g/mol. The third-order valence-electron chi connectivity index (χ3n) is 2.82. The zero-order valence-electron chi connectivity index (χ0n) is 11.5. The highest BCUT2D eigenvalue weighted by molar-refractivity contribution is 5.54. The number of benzene rings is 1. The summed E-state index contributed by atoms with van der Waals surface area (Å²) in [5.74, 6) is 0. The molecule has 2 N–H and O–H groups in total. The van der Waals surface area contributed by atoms with Gasteiger partial charge < -0.3 is 10.6 Å². The van der Waals surface area contributed by atoms with Gasteiger partial charge in [0.15, 0.2) is 0 Å². The van der Waals surface area contributed by atoms with Gasteiger partial charge in [-0.2, -0.15) is 13.2 Å². The Morgan fingerprint density at radius 2 is 1.74 bits per heavy atom. The van der Waals surface area contributed by atoms with Gasteiger partial charge in [-0.05, 0) is 38.8 Å². The number of para-hydroxylation sites is 1. The van der Waals surface area contributed by atoms with Gasteiger partial charge in [0.2, 0.25) is 0 Å². The Morgan fingerprint density at radius 1 is 1.16 bits per heavy atom. The predicted molar refractivity (Wildman–Crippen MR) is 72.3 cm³/mol. The van der Waals surface area contributed by atoms with E-state index in [0.717, 1.165) is 5.56 Å². The lowest BCUT2D eigenvalue weighted by molar-refractivity contribution is -0.120. The molecular weight excluding hydrogens is 253 g/mol. The molecule has 19 heavy (non-hydrogen) atoms. The lowest BCUT2D eigenvalue weighted by atomic mass is 10.0. The number of rotatable bonds is 5. The standard InChI is InChI=1S/C14H21F3N2/c1-10(2)19(9-14(15,16)17)13-7-5-4-6-12(13)8-11(3)18/h4-7,10-11H,8-9,18H2,1-3H3. The number of anilines is 1. The zero-order chi connectivity index (χ0) is 14.6. The van der Waals surface area contributed by atoms with Crippen LogP contribution in [0.3, 0.4) is 0 Å². The van der Waals surface area contributed by atoms with E-state index in [2.05, 4.69) is 0 Å². The van der Waals surface area contributed by atoms with Crippen LogP contribution in [-0.2, 0) is 6.42 Å².